The summed E-state index contributed by atoms with van der Waals surface area (Å²) in [5.74, 6) is 0.166. The number of rotatable bonds is 2. The van der Waals surface area contributed by atoms with Crippen LogP contribution in [0.2, 0.25) is 0 Å². The van der Waals surface area contributed by atoms with Crippen molar-refractivity contribution in [1.29, 1.82) is 0 Å². The van der Waals surface area contributed by atoms with Gasteiger partial charge in [-0.2, -0.15) is 0 Å². The van der Waals surface area contributed by atoms with Crippen LogP contribution in [-0.2, 0) is 4.79 Å². The maximum atomic E-state index is 12.8. The first-order chi connectivity index (χ1) is 12.5. The van der Waals surface area contributed by atoms with Gasteiger partial charge in [0, 0.05) is 49.6 Å². The molecule has 1 aromatic carbocycles. The second-order valence-electron chi connectivity index (χ2n) is 7.72. The predicted octanol–water partition coefficient (Wildman–Crippen LogP) is 2.97. The summed E-state index contributed by atoms with van der Waals surface area (Å²) in [6, 6.07) is 9.94. The van der Waals surface area contributed by atoms with Gasteiger partial charge in [0.2, 0.25) is 5.91 Å². The number of likely N-dealkylation sites (tertiary alicyclic amines) is 1. The minimum absolute atomic E-state index is 0.0132. The van der Waals surface area contributed by atoms with Crippen LogP contribution < -0.4 is 4.90 Å². The molecule has 26 heavy (non-hydrogen) atoms. The number of aromatic nitrogens is 1. The first-order valence-electron chi connectivity index (χ1n) is 9.04. The average Bonchev–Trinajstić information content (AvgIpc) is 3.18. The second-order valence-corrected chi connectivity index (χ2v) is 7.72. The highest BCUT2D eigenvalue weighted by Gasteiger charge is 2.48. The quantitative estimate of drug-likeness (QED) is 0.838. The first-order valence-corrected chi connectivity index (χ1v) is 9.04. The van der Waals surface area contributed by atoms with Gasteiger partial charge in [-0.25, -0.2) is 0 Å². The highest BCUT2D eigenvalue weighted by atomic mass is 16.2. The highest BCUT2D eigenvalue weighted by molar-refractivity contribution is 5.97. The lowest BCUT2D eigenvalue weighted by Gasteiger charge is -2.24. The minimum atomic E-state index is -0.130. The summed E-state index contributed by atoms with van der Waals surface area (Å²) in [4.78, 5) is 33.3. The Morgan fingerprint density at radius 1 is 1.08 bits per heavy atom. The zero-order valence-corrected chi connectivity index (χ0v) is 15.2. The molecular formula is C21H23N3O2. The van der Waals surface area contributed by atoms with Gasteiger partial charge in [0.1, 0.15) is 0 Å². The fraction of sp³-hybridized carbons (Fsp3) is 0.381. The SMILES string of the molecule is Cc1ccc(N2C[C@@]3(CCN(C(=O)c4cncc(C)c4)C3)CC2=O)cc1. The van der Waals surface area contributed by atoms with E-state index in [0.717, 1.165) is 17.7 Å². The van der Waals surface area contributed by atoms with Crippen LogP contribution in [0.1, 0.15) is 34.3 Å². The molecule has 134 valence electrons. The monoisotopic (exact) mass is 349 g/mol. The van der Waals surface area contributed by atoms with E-state index in [9.17, 15) is 9.59 Å². The molecule has 2 aromatic rings. The van der Waals surface area contributed by atoms with Gasteiger partial charge in [-0.1, -0.05) is 17.7 Å². The van der Waals surface area contributed by atoms with E-state index in [2.05, 4.69) is 4.98 Å². The normalized spacial score (nSPS) is 22.5. The molecule has 5 nitrogen and oxygen atoms in total. The van der Waals surface area contributed by atoms with Crippen molar-refractivity contribution >= 4 is 17.5 Å². The van der Waals surface area contributed by atoms with Gasteiger partial charge in [-0.15, -0.1) is 0 Å². The summed E-state index contributed by atoms with van der Waals surface area (Å²) in [7, 11) is 0. The predicted molar refractivity (Wildman–Crippen MR) is 100 cm³/mol. The average molecular weight is 349 g/mol. The molecule has 5 heteroatoms. The Kier molecular flexibility index (Phi) is 4.02. The summed E-state index contributed by atoms with van der Waals surface area (Å²) in [6.07, 6.45) is 4.75. The molecule has 0 unspecified atom stereocenters. The number of anilines is 1. The van der Waals surface area contributed by atoms with Crippen LogP contribution in [-0.4, -0.2) is 41.3 Å². The number of carbonyl (C=O) groups excluding carboxylic acids is 2. The van der Waals surface area contributed by atoms with Crippen molar-refractivity contribution in [2.45, 2.75) is 26.7 Å². The van der Waals surface area contributed by atoms with Gasteiger partial charge in [-0.3, -0.25) is 14.6 Å². The smallest absolute Gasteiger partial charge is 0.255 e. The van der Waals surface area contributed by atoms with Gasteiger partial charge in [0.15, 0.2) is 0 Å². The molecule has 2 saturated heterocycles. The zero-order valence-electron chi connectivity index (χ0n) is 15.2. The molecule has 2 fully saturated rings. The van der Waals surface area contributed by atoms with Crippen molar-refractivity contribution < 1.29 is 9.59 Å². The number of hydrogen-bond acceptors (Lipinski definition) is 3. The van der Waals surface area contributed by atoms with Crippen LogP contribution in [0.3, 0.4) is 0 Å². The summed E-state index contributed by atoms with van der Waals surface area (Å²) in [5, 5.41) is 0. The molecule has 4 rings (SSSR count). The second kappa shape index (κ2) is 6.24. The van der Waals surface area contributed by atoms with Crippen LogP contribution in [0.4, 0.5) is 5.69 Å². The van der Waals surface area contributed by atoms with Crippen LogP contribution in [0.15, 0.2) is 42.7 Å². The van der Waals surface area contributed by atoms with Crippen LogP contribution in [0.25, 0.3) is 0 Å². The Labute approximate surface area is 153 Å². The number of nitrogens with zero attached hydrogens (tertiary/aromatic N) is 3. The Bertz CT molecular complexity index is 862. The van der Waals surface area contributed by atoms with Crippen molar-refractivity contribution in [1.82, 2.24) is 9.88 Å². The fourth-order valence-electron chi connectivity index (χ4n) is 4.09. The number of pyridine rings is 1. The van der Waals surface area contributed by atoms with Crippen molar-refractivity contribution in [3.63, 3.8) is 0 Å². The molecule has 3 heterocycles. The maximum absolute atomic E-state index is 12.8. The van der Waals surface area contributed by atoms with E-state index >= 15 is 0 Å². The van der Waals surface area contributed by atoms with Gasteiger partial charge in [0.25, 0.3) is 5.91 Å². The topological polar surface area (TPSA) is 53.5 Å². The van der Waals surface area contributed by atoms with Crippen LogP contribution >= 0.6 is 0 Å². The molecule has 1 spiro atoms. The summed E-state index contributed by atoms with van der Waals surface area (Å²) in [6.45, 7) is 5.99. The van der Waals surface area contributed by atoms with E-state index < -0.39 is 0 Å². The standard InChI is InChI=1S/C21H23N3O2/c1-15-3-5-18(6-4-15)24-14-21(10-19(24)25)7-8-23(13-21)20(26)17-9-16(2)11-22-12-17/h3-6,9,11-12H,7-8,10,13-14H2,1-2H3/t21-/m0/s1. The third kappa shape index (κ3) is 2.98. The Morgan fingerprint density at radius 2 is 1.85 bits per heavy atom. The summed E-state index contributed by atoms with van der Waals surface area (Å²) >= 11 is 0. The van der Waals surface area contributed by atoms with E-state index in [1.54, 1.807) is 12.4 Å². The van der Waals surface area contributed by atoms with Gasteiger partial charge < -0.3 is 9.80 Å². The molecule has 0 aliphatic carbocycles. The Morgan fingerprint density at radius 3 is 2.58 bits per heavy atom. The van der Waals surface area contributed by atoms with E-state index in [0.29, 0.717) is 31.6 Å². The minimum Gasteiger partial charge on any atom is -0.338 e. The third-order valence-corrected chi connectivity index (χ3v) is 5.51. The molecule has 1 aromatic heterocycles. The Balaban J connectivity index is 1.50. The van der Waals surface area contributed by atoms with Crippen LogP contribution in [0.5, 0.6) is 0 Å². The van der Waals surface area contributed by atoms with E-state index in [1.165, 1.54) is 5.56 Å². The maximum Gasteiger partial charge on any atom is 0.255 e. The summed E-state index contributed by atoms with van der Waals surface area (Å²) in [5.41, 5.74) is 3.60. The van der Waals surface area contributed by atoms with Gasteiger partial charge >= 0.3 is 0 Å². The molecule has 0 saturated carbocycles. The molecule has 2 aliphatic heterocycles. The van der Waals surface area contributed by atoms with E-state index in [-0.39, 0.29) is 17.2 Å². The summed E-state index contributed by atoms with van der Waals surface area (Å²) < 4.78 is 0. The lowest BCUT2D eigenvalue weighted by molar-refractivity contribution is -0.117. The van der Waals surface area contributed by atoms with Crippen LogP contribution in [0, 0.1) is 19.3 Å². The van der Waals surface area contributed by atoms with Gasteiger partial charge in [0.05, 0.1) is 5.56 Å². The molecule has 2 amide bonds. The largest absolute Gasteiger partial charge is 0.338 e. The number of amides is 2. The van der Waals surface area contributed by atoms with Crippen molar-refractivity contribution in [3.05, 3.63) is 59.4 Å². The Hall–Kier alpha value is -2.69. The lowest BCUT2D eigenvalue weighted by atomic mass is 9.86. The number of benzene rings is 1. The third-order valence-electron chi connectivity index (χ3n) is 5.51. The lowest BCUT2D eigenvalue weighted by Crippen LogP contribution is -2.34. The highest BCUT2D eigenvalue weighted by Crippen LogP contribution is 2.42. The van der Waals surface area contributed by atoms with Crippen molar-refractivity contribution in [2.24, 2.45) is 5.41 Å². The molecule has 2 aliphatic rings. The first kappa shape index (κ1) is 16.8. The molecule has 0 bridgehead atoms. The molecule has 1 atom stereocenters. The molecule has 0 radical (unpaired) electrons. The van der Waals surface area contributed by atoms with Gasteiger partial charge in [-0.05, 0) is 44.0 Å². The fourth-order valence-corrected chi connectivity index (χ4v) is 4.09. The van der Waals surface area contributed by atoms with E-state index in [4.69, 9.17) is 0 Å². The number of hydrogen-bond donors (Lipinski definition) is 0. The molecule has 0 N–H and O–H groups in total. The number of aryl methyl sites for hydroxylation is 2. The molecular weight excluding hydrogens is 326 g/mol. The van der Waals surface area contributed by atoms with Crippen molar-refractivity contribution in [3.8, 4) is 0 Å². The number of carbonyl (C=O) groups is 2. The van der Waals surface area contributed by atoms with Crippen molar-refractivity contribution in [2.75, 3.05) is 24.5 Å². The zero-order chi connectivity index (χ0) is 18.3. The van der Waals surface area contributed by atoms with E-state index in [1.807, 2.05) is 54.0 Å².